The molecule has 2 N–H and O–H groups in total. The number of nitrogens with one attached hydrogen (secondary N) is 2. The first kappa shape index (κ1) is 23.6. The fourth-order valence-corrected chi connectivity index (χ4v) is 3.78. The Morgan fingerprint density at radius 3 is 2.47 bits per heavy atom. The summed E-state index contributed by atoms with van der Waals surface area (Å²) >= 11 is 0. The van der Waals surface area contributed by atoms with E-state index in [1.165, 1.54) is 25.7 Å². The number of nitrogens with zero attached hydrogens (tertiary/aromatic N) is 1. The van der Waals surface area contributed by atoms with Gasteiger partial charge in [0.1, 0.15) is 5.75 Å². The molecule has 1 aliphatic rings. The number of hydrogen-bond donors (Lipinski definition) is 2. The van der Waals surface area contributed by atoms with Crippen LogP contribution in [0.25, 0.3) is 0 Å². The van der Waals surface area contributed by atoms with Gasteiger partial charge in [-0.3, -0.25) is 9.59 Å². The van der Waals surface area contributed by atoms with Crippen LogP contribution < -0.4 is 15.4 Å². The zero-order chi connectivity index (χ0) is 22.6. The van der Waals surface area contributed by atoms with E-state index in [1.54, 1.807) is 24.3 Å². The molecule has 2 amide bonds. The number of rotatable bonds is 11. The fraction of sp³-hybridized carbons (Fsp3) is 0.462. The van der Waals surface area contributed by atoms with Gasteiger partial charge >= 0.3 is 0 Å². The predicted molar refractivity (Wildman–Crippen MR) is 129 cm³/mol. The Bertz CT molecular complexity index is 861. The Labute approximate surface area is 191 Å². The molecule has 0 aliphatic carbocycles. The number of unbranched alkanes of at least 4 members (excludes halogenated alkanes) is 3. The molecule has 6 heteroatoms. The van der Waals surface area contributed by atoms with Gasteiger partial charge in [0.25, 0.3) is 5.91 Å². The molecule has 3 rings (SSSR count). The van der Waals surface area contributed by atoms with Crippen molar-refractivity contribution in [2.45, 2.75) is 51.9 Å². The predicted octanol–water partition coefficient (Wildman–Crippen LogP) is 5.32. The van der Waals surface area contributed by atoms with Crippen molar-refractivity contribution in [1.29, 1.82) is 0 Å². The van der Waals surface area contributed by atoms with Crippen molar-refractivity contribution in [3.05, 3.63) is 54.1 Å². The quantitative estimate of drug-likeness (QED) is 0.467. The molecule has 172 valence electrons. The molecule has 0 spiro atoms. The maximum absolute atomic E-state index is 12.7. The Morgan fingerprint density at radius 1 is 0.938 bits per heavy atom. The molecular formula is C26H35N3O3. The molecule has 0 radical (unpaired) electrons. The van der Waals surface area contributed by atoms with Crippen molar-refractivity contribution in [1.82, 2.24) is 4.90 Å². The molecular weight excluding hydrogens is 402 g/mol. The first-order valence-electron chi connectivity index (χ1n) is 11.8. The third-order valence-corrected chi connectivity index (χ3v) is 5.61. The number of amides is 2. The SMILES string of the molecule is CCCCCCOc1ccc(NCC(=O)Nc2cccc(C(=O)N3CCCCC3)c2)cc1. The number of likely N-dealkylation sites (tertiary alicyclic amines) is 1. The van der Waals surface area contributed by atoms with E-state index in [9.17, 15) is 9.59 Å². The van der Waals surface area contributed by atoms with Crippen molar-refractivity contribution in [3.8, 4) is 5.75 Å². The summed E-state index contributed by atoms with van der Waals surface area (Å²) in [5.41, 5.74) is 2.10. The van der Waals surface area contributed by atoms with Crippen molar-refractivity contribution >= 4 is 23.2 Å². The van der Waals surface area contributed by atoms with Crippen molar-refractivity contribution in [2.24, 2.45) is 0 Å². The van der Waals surface area contributed by atoms with E-state index in [0.717, 1.165) is 50.4 Å². The van der Waals surface area contributed by atoms with Gasteiger partial charge in [0, 0.05) is 30.0 Å². The normalized spacial score (nSPS) is 13.5. The van der Waals surface area contributed by atoms with Crippen LogP contribution in [0.5, 0.6) is 5.75 Å². The van der Waals surface area contributed by atoms with Crippen LogP contribution in [0.1, 0.15) is 62.2 Å². The standard InChI is InChI=1S/C26H35N3O3/c1-2-3-4-8-18-32-24-14-12-22(13-15-24)27-20-25(30)28-23-11-9-10-21(19-23)26(31)29-16-6-5-7-17-29/h9-15,19,27H,2-8,16-18,20H2,1H3,(H,28,30). The number of carbonyl (C=O) groups excluding carboxylic acids is 2. The Hall–Kier alpha value is -3.02. The molecule has 1 saturated heterocycles. The summed E-state index contributed by atoms with van der Waals surface area (Å²) in [4.78, 5) is 26.9. The Morgan fingerprint density at radius 2 is 1.72 bits per heavy atom. The van der Waals surface area contributed by atoms with Crippen LogP contribution in [0.15, 0.2) is 48.5 Å². The smallest absolute Gasteiger partial charge is 0.253 e. The summed E-state index contributed by atoms with van der Waals surface area (Å²) in [6, 6.07) is 14.8. The van der Waals surface area contributed by atoms with Gasteiger partial charge in [0.05, 0.1) is 13.2 Å². The molecule has 32 heavy (non-hydrogen) atoms. The molecule has 0 atom stereocenters. The summed E-state index contributed by atoms with van der Waals surface area (Å²) in [6.07, 6.45) is 8.02. The molecule has 1 aliphatic heterocycles. The van der Waals surface area contributed by atoms with Crippen LogP contribution in [0.2, 0.25) is 0 Å². The lowest BCUT2D eigenvalue weighted by Gasteiger charge is -2.26. The second-order valence-electron chi connectivity index (χ2n) is 8.27. The highest BCUT2D eigenvalue weighted by Gasteiger charge is 2.18. The zero-order valence-electron chi connectivity index (χ0n) is 19.1. The molecule has 2 aromatic carbocycles. The lowest BCUT2D eigenvalue weighted by atomic mass is 10.1. The number of anilines is 2. The molecule has 0 aromatic heterocycles. The zero-order valence-corrected chi connectivity index (χ0v) is 19.1. The number of ether oxygens (including phenoxy) is 1. The summed E-state index contributed by atoms with van der Waals surface area (Å²) in [7, 11) is 0. The number of hydrogen-bond acceptors (Lipinski definition) is 4. The molecule has 0 bridgehead atoms. The number of carbonyl (C=O) groups is 2. The van der Waals surface area contributed by atoms with Gasteiger partial charge in [-0.2, -0.15) is 0 Å². The van der Waals surface area contributed by atoms with E-state index in [0.29, 0.717) is 11.3 Å². The topological polar surface area (TPSA) is 70.7 Å². The van der Waals surface area contributed by atoms with Gasteiger partial charge in [-0.25, -0.2) is 0 Å². The third-order valence-electron chi connectivity index (χ3n) is 5.61. The summed E-state index contributed by atoms with van der Waals surface area (Å²) in [5, 5.41) is 5.99. The van der Waals surface area contributed by atoms with Gasteiger partial charge in [0.2, 0.25) is 5.91 Å². The highest BCUT2D eigenvalue weighted by Crippen LogP contribution is 2.18. The van der Waals surface area contributed by atoms with Crippen molar-refractivity contribution < 1.29 is 14.3 Å². The van der Waals surface area contributed by atoms with Gasteiger partial charge < -0.3 is 20.3 Å². The lowest BCUT2D eigenvalue weighted by molar-refractivity contribution is -0.114. The fourth-order valence-electron chi connectivity index (χ4n) is 3.78. The molecule has 2 aromatic rings. The van der Waals surface area contributed by atoms with Crippen molar-refractivity contribution in [2.75, 3.05) is 36.9 Å². The summed E-state index contributed by atoms with van der Waals surface area (Å²) < 4.78 is 5.75. The monoisotopic (exact) mass is 437 g/mol. The molecule has 6 nitrogen and oxygen atoms in total. The van der Waals surface area contributed by atoms with E-state index in [4.69, 9.17) is 4.74 Å². The van der Waals surface area contributed by atoms with E-state index in [-0.39, 0.29) is 18.4 Å². The Balaban J connectivity index is 1.43. The highest BCUT2D eigenvalue weighted by molar-refractivity contribution is 5.98. The van der Waals surface area contributed by atoms with Crippen LogP contribution in [-0.2, 0) is 4.79 Å². The van der Waals surface area contributed by atoms with Crippen LogP contribution in [0, 0.1) is 0 Å². The van der Waals surface area contributed by atoms with E-state index in [2.05, 4.69) is 17.6 Å². The highest BCUT2D eigenvalue weighted by atomic mass is 16.5. The first-order valence-corrected chi connectivity index (χ1v) is 11.8. The van der Waals surface area contributed by atoms with E-state index < -0.39 is 0 Å². The van der Waals surface area contributed by atoms with Crippen LogP contribution in [0.3, 0.4) is 0 Å². The van der Waals surface area contributed by atoms with Gasteiger partial charge in [-0.05, 0) is 68.1 Å². The van der Waals surface area contributed by atoms with Gasteiger partial charge in [-0.15, -0.1) is 0 Å². The van der Waals surface area contributed by atoms with Crippen molar-refractivity contribution in [3.63, 3.8) is 0 Å². The second kappa shape index (κ2) is 12.7. The van der Waals surface area contributed by atoms with Gasteiger partial charge in [0.15, 0.2) is 0 Å². The minimum absolute atomic E-state index is 0.0339. The second-order valence-corrected chi connectivity index (χ2v) is 8.27. The molecule has 0 saturated carbocycles. The van der Waals surface area contributed by atoms with E-state index in [1.807, 2.05) is 29.2 Å². The average Bonchev–Trinajstić information content (AvgIpc) is 2.83. The third kappa shape index (κ3) is 7.59. The van der Waals surface area contributed by atoms with Crippen LogP contribution in [-0.4, -0.2) is 43.0 Å². The molecule has 1 fully saturated rings. The average molecular weight is 438 g/mol. The molecule has 0 unspecified atom stereocenters. The summed E-state index contributed by atoms with van der Waals surface area (Å²) in [5.74, 6) is 0.710. The minimum Gasteiger partial charge on any atom is -0.494 e. The van der Waals surface area contributed by atoms with Crippen LogP contribution in [0.4, 0.5) is 11.4 Å². The number of piperidine rings is 1. The maximum atomic E-state index is 12.7. The van der Waals surface area contributed by atoms with Gasteiger partial charge in [-0.1, -0.05) is 32.3 Å². The van der Waals surface area contributed by atoms with E-state index >= 15 is 0 Å². The lowest BCUT2D eigenvalue weighted by Crippen LogP contribution is -2.35. The number of benzene rings is 2. The minimum atomic E-state index is -0.163. The first-order chi connectivity index (χ1) is 15.7. The summed E-state index contributed by atoms with van der Waals surface area (Å²) in [6.45, 7) is 4.68. The molecule has 1 heterocycles. The van der Waals surface area contributed by atoms with Crippen LogP contribution >= 0.6 is 0 Å². The maximum Gasteiger partial charge on any atom is 0.253 e. The largest absolute Gasteiger partial charge is 0.494 e. The Kier molecular flexibility index (Phi) is 9.41.